The van der Waals surface area contributed by atoms with Gasteiger partial charge in [-0.25, -0.2) is 0 Å². The van der Waals surface area contributed by atoms with Crippen LogP contribution in [0, 0.1) is 0 Å². The maximum absolute atomic E-state index is 6.67. The van der Waals surface area contributed by atoms with Crippen molar-refractivity contribution in [2.45, 2.75) is 56.9 Å². The van der Waals surface area contributed by atoms with Crippen molar-refractivity contribution in [3.05, 3.63) is 0 Å². The highest BCUT2D eigenvalue weighted by Gasteiger charge is 2.43. The third-order valence-corrected chi connectivity index (χ3v) is 21.0. The average molecular weight is 491 g/mol. The minimum atomic E-state index is -2.65. The molecule has 0 heterocycles. The van der Waals surface area contributed by atoms with Crippen molar-refractivity contribution in [3.8, 4) is 0 Å². The normalized spacial score (nSPS) is 14.1. The molecule has 0 aromatic rings. The van der Waals surface area contributed by atoms with E-state index in [1.54, 1.807) is 42.7 Å². The zero-order valence-electron chi connectivity index (χ0n) is 19.7. The third-order valence-electron chi connectivity index (χ3n) is 4.41. The molecule has 0 atom stereocenters. The van der Waals surface area contributed by atoms with E-state index >= 15 is 0 Å². The molecule has 0 bridgehead atoms. The molecule has 170 valence electrons. The molecule has 0 radical (unpaired) electrons. The van der Waals surface area contributed by atoms with E-state index in [4.69, 9.17) is 34.8 Å². The predicted molar refractivity (Wildman–Crippen MR) is 123 cm³/mol. The molecule has 0 saturated heterocycles. The molecule has 0 N–H and O–H groups in total. The van der Waals surface area contributed by atoms with Crippen molar-refractivity contribution in [1.82, 2.24) is 0 Å². The lowest BCUT2D eigenvalue weighted by atomic mass is 10.9. The van der Waals surface area contributed by atoms with Gasteiger partial charge in [0.2, 0.25) is 0 Å². The molecule has 0 rings (SSSR count). The van der Waals surface area contributed by atoms with Crippen LogP contribution in [0.2, 0.25) is 56.9 Å². The fourth-order valence-electron chi connectivity index (χ4n) is 3.21. The van der Waals surface area contributed by atoms with Gasteiger partial charge < -0.3 is 34.8 Å². The molecule has 0 aliphatic heterocycles. The Kier molecular flexibility index (Phi) is 12.9. The highest BCUT2D eigenvalue weighted by Crippen LogP contribution is 2.26. The summed E-state index contributed by atoms with van der Waals surface area (Å²) in [5, 5.41) is 0. The van der Waals surface area contributed by atoms with Crippen molar-refractivity contribution < 1.29 is 34.8 Å². The van der Waals surface area contributed by atoms with E-state index in [9.17, 15) is 0 Å². The van der Waals surface area contributed by atoms with Gasteiger partial charge in [0.1, 0.15) is 0 Å². The van der Waals surface area contributed by atoms with Gasteiger partial charge in [-0.15, -0.1) is 0 Å². The summed E-state index contributed by atoms with van der Waals surface area (Å²) in [7, 11) is -1.07. The average Bonchev–Trinajstić information content (AvgIpc) is 2.62. The van der Waals surface area contributed by atoms with Gasteiger partial charge >= 0.3 is 26.2 Å². The second-order valence-electron chi connectivity index (χ2n) is 8.02. The van der Waals surface area contributed by atoms with Gasteiger partial charge in [-0.3, -0.25) is 0 Å². The Balaban J connectivity index is 5.30. The lowest BCUT2D eigenvalue weighted by Crippen LogP contribution is -2.50. The van der Waals surface area contributed by atoms with E-state index in [-0.39, 0.29) is 0 Å². The van der Waals surface area contributed by atoms with Crippen LogP contribution in [0.5, 0.6) is 0 Å². The van der Waals surface area contributed by atoms with Gasteiger partial charge in [-0.05, 0) is 44.8 Å². The molecule has 0 unspecified atom stereocenters. The standard InChI is InChI=1S/C15H42O8Si5/c1-16-27(17-2,18-3)14-12-24(13-15-28(19-4,20-5)21-6)22-26(10,11)23-25(7,8)9/h24H,12-15H2,1-11H3. The first-order valence-electron chi connectivity index (χ1n) is 9.55. The lowest BCUT2D eigenvalue weighted by Gasteiger charge is -2.35. The lowest BCUT2D eigenvalue weighted by molar-refractivity contribution is 0.124. The second kappa shape index (κ2) is 12.6. The number of rotatable bonds is 16. The van der Waals surface area contributed by atoms with E-state index in [1.165, 1.54) is 0 Å². The zero-order valence-corrected chi connectivity index (χ0v) is 24.8. The summed E-state index contributed by atoms with van der Waals surface area (Å²) < 4.78 is 46.6. The first kappa shape index (κ1) is 28.8. The Labute approximate surface area is 177 Å². The summed E-state index contributed by atoms with van der Waals surface area (Å²) in [6.07, 6.45) is 0. The van der Waals surface area contributed by atoms with Crippen molar-refractivity contribution >= 4 is 43.5 Å². The highest BCUT2D eigenvalue weighted by atomic mass is 28.5. The SMILES string of the molecule is CO[Si](CC[SiH](CC[Si](OC)(OC)OC)O[Si](C)(C)O[Si](C)(C)C)(OC)OC. The summed E-state index contributed by atoms with van der Waals surface area (Å²) in [6.45, 7) is 10.8. The van der Waals surface area contributed by atoms with Crippen LogP contribution in [-0.2, 0) is 34.8 Å². The van der Waals surface area contributed by atoms with Crippen LogP contribution >= 0.6 is 0 Å². The molecule has 0 fully saturated rings. The Morgan fingerprint density at radius 2 is 0.893 bits per heavy atom. The smallest absolute Gasteiger partial charge is 0.439 e. The van der Waals surface area contributed by atoms with Gasteiger partial charge in [0, 0.05) is 54.7 Å². The maximum atomic E-state index is 6.67. The summed E-state index contributed by atoms with van der Waals surface area (Å²) in [5.74, 6) is 0. The van der Waals surface area contributed by atoms with Gasteiger partial charge in [0.15, 0.2) is 17.4 Å². The van der Waals surface area contributed by atoms with E-state index in [1.807, 2.05) is 0 Å². The van der Waals surface area contributed by atoms with Crippen molar-refractivity contribution in [2.24, 2.45) is 0 Å². The first-order valence-corrected chi connectivity index (χ1v) is 21.7. The minimum absolute atomic E-state index is 0.715. The molecule has 0 saturated carbocycles. The van der Waals surface area contributed by atoms with Crippen LogP contribution in [0.3, 0.4) is 0 Å². The largest absolute Gasteiger partial charge is 0.499 e. The maximum Gasteiger partial charge on any atom is 0.499 e. The summed E-state index contributed by atoms with van der Waals surface area (Å²) in [6, 6.07) is 3.17. The molecule has 0 aliphatic carbocycles. The Bertz CT molecular complexity index is 387. The first-order chi connectivity index (χ1) is 12.9. The summed E-state index contributed by atoms with van der Waals surface area (Å²) in [5.41, 5.74) is 0. The van der Waals surface area contributed by atoms with E-state index in [2.05, 4.69) is 32.7 Å². The van der Waals surface area contributed by atoms with Crippen molar-refractivity contribution in [3.63, 3.8) is 0 Å². The van der Waals surface area contributed by atoms with Crippen LogP contribution in [0.1, 0.15) is 0 Å². The molecule has 28 heavy (non-hydrogen) atoms. The summed E-state index contributed by atoms with van der Waals surface area (Å²) >= 11 is 0. The number of hydrogen-bond acceptors (Lipinski definition) is 8. The third kappa shape index (κ3) is 10.2. The molecular formula is C15H42O8Si5. The molecule has 0 amide bonds. The molecule has 0 aliphatic rings. The zero-order chi connectivity index (χ0) is 22.1. The Morgan fingerprint density at radius 1 is 0.571 bits per heavy atom. The second-order valence-corrected chi connectivity index (χ2v) is 25.4. The fourth-order valence-corrected chi connectivity index (χ4v) is 21.8. The topological polar surface area (TPSA) is 73.8 Å². The van der Waals surface area contributed by atoms with Gasteiger partial charge in [0.05, 0.1) is 0 Å². The fraction of sp³-hybridized carbons (Fsp3) is 1.00. The molecule has 0 spiro atoms. The van der Waals surface area contributed by atoms with Crippen molar-refractivity contribution in [1.29, 1.82) is 0 Å². The molecule has 8 nitrogen and oxygen atoms in total. The summed E-state index contributed by atoms with van der Waals surface area (Å²) in [4.78, 5) is 0. The Hall–Kier alpha value is 0.764. The Morgan fingerprint density at radius 3 is 1.14 bits per heavy atom. The van der Waals surface area contributed by atoms with Crippen LogP contribution in [0.25, 0.3) is 0 Å². The van der Waals surface area contributed by atoms with Crippen LogP contribution in [0.4, 0.5) is 0 Å². The van der Waals surface area contributed by atoms with Crippen LogP contribution in [-0.4, -0.2) is 86.2 Å². The van der Waals surface area contributed by atoms with Gasteiger partial charge in [0.25, 0.3) is 0 Å². The molecular weight excluding hydrogens is 449 g/mol. The monoisotopic (exact) mass is 490 g/mol. The predicted octanol–water partition coefficient (Wildman–Crippen LogP) is 3.04. The van der Waals surface area contributed by atoms with E-state index in [0.717, 1.165) is 12.1 Å². The molecule has 13 heteroatoms. The van der Waals surface area contributed by atoms with Crippen LogP contribution in [0.15, 0.2) is 0 Å². The van der Waals surface area contributed by atoms with E-state index in [0.29, 0.717) is 12.1 Å². The van der Waals surface area contributed by atoms with Crippen LogP contribution < -0.4 is 0 Å². The van der Waals surface area contributed by atoms with E-state index < -0.39 is 43.5 Å². The van der Waals surface area contributed by atoms with Gasteiger partial charge in [-0.2, -0.15) is 0 Å². The minimum Gasteiger partial charge on any atom is -0.439 e. The highest BCUT2D eigenvalue weighted by molar-refractivity contribution is 6.84. The number of hydrogen-bond donors (Lipinski definition) is 0. The van der Waals surface area contributed by atoms with Crippen molar-refractivity contribution in [2.75, 3.05) is 42.7 Å². The van der Waals surface area contributed by atoms with Gasteiger partial charge in [-0.1, -0.05) is 0 Å². The quantitative estimate of drug-likeness (QED) is 0.306. The molecule has 0 aromatic heterocycles. The molecule has 0 aromatic carbocycles.